The van der Waals surface area contributed by atoms with Crippen LogP contribution in [0.5, 0.6) is 0 Å². The van der Waals surface area contributed by atoms with E-state index in [1.165, 1.54) is 0 Å². The summed E-state index contributed by atoms with van der Waals surface area (Å²) in [7, 11) is 0. The smallest absolute Gasteiger partial charge is 0.225 e. The fourth-order valence-electron chi connectivity index (χ4n) is 2.77. The molecule has 0 spiro atoms. The molecule has 2 aromatic heterocycles. The molecular weight excluding hydrogens is 324 g/mol. The fraction of sp³-hybridized carbons (Fsp3) is 0.625. The second-order valence-corrected chi connectivity index (χ2v) is 7.43. The zero-order valence-electron chi connectivity index (χ0n) is 14.4. The molecule has 1 aliphatic rings. The average Bonchev–Trinajstić information content (AvgIpc) is 3.17. The van der Waals surface area contributed by atoms with Crippen molar-refractivity contribution >= 4 is 22.4 Å². The van der Waals surface area contributed by atoms with Crippen LogP contribution in [-0.2, 0) is 30.8 Å². The number of nitrogens with zero attached hydrogens (tertiary/aromatic N) is 5. The number of hydrogen-bond acceptors (Lipinski definition) is 6. The first-order valence-corrected chi connectivity index (χ1v) is 9.29. The van der Waals surface area contributed by atoms with E-state index >= 15 is 0 Å². The molecule has 3 rings (SSSR count). The van der Waals surface area contributed by atoms with Gasteiger partial charge in [0.25, 0.3) is 0 Å². The van der Waals surface area contributed by atoms with Gasteiger partial charge in [-0.25, -0.2) is 0 Å². The SMILES string of the molecule is CCCc1nnc(NCc2cc3n(n2)CCN(C(=O)C(C)C)C3)s1. The van der Waals surface area contributed by atoms with E-state index in [2.05, 4.69) is 33.6 Å². The fourth-order valence-corrected chi connectivity index (χ4v) is 3.61. The van der Waals surface area contributed by atoms with Gasteiger partial charge in [-0.15, -0.1) is 10.2 Å². The van der Waals surface area contributed by atoms with Gasteiger partial charge in [-0.05, 0) is 12.5 Å². The topological polar surface area (TPSA) is 75.9 Å². The second-order valence-electron chi connectivity index (χ2n) is 6.37. The van der Waals surface area contributed by atoms with Crippen molar-refractivity contribution in [2.45, 2.75) is 53.2 Å². The summed E-state index contributed by atoms with van der Waals surface area (Å²) in [4.78, 5) is 14.1. The second kappa shape index (κ2) is 7.29. The minimum Gasteiger partial charge on any atom is -0.354 e. The first kappa shape index (κ1) is 16.9. The maximum absolute atomic E-state index is 12.2. The number of rotatable bonds is 6. The number of amides is 1. The highest BCUT2D eigenvalue weighted by atomic mass is 32.1. The van der Waals surface area contributed by atoms with E-state index in [0.29, 0.717) is 13.1 Å². The highest BCUT2D eigenvalue weighted by Gasteiger charge is 2.23. The van der Waals surface area contributed by atoms with Crippen LogP contribution in [0.15, 0.2) is 6.07 Å². The van der Waals surface area contributed by atoms with Crippen molar-refractivity contribution in [2.75, 3.05) is 11.9 Å². The third kappa shape index (κ3) is 3.75. The molecule has 2 aromatic rings. The molecule has 24 heavy (non-hydrogen) atoms. The number of nitrogens with one attached hydrogen (secondary N) is 1. The van der Waals surface area contributed by atoms with Crippen LogP contribution in [0.2, 0.25) is 0 Å². The molecule has 0 saturated heterocycles. The summed E-state index contributed by atoms with van der Waals surface area (Å²) in [5.74, 6) is 0.245. The molecule has 1 N–H and O–H groups in total. The predicted molar refractivity (Wildman–Crippen MR) is 93.7 cm³/mol. The monoisotopic (exact) mass is 348 g/mol. The Morgan fingerprint density at radius 3 is 2.96 bits per heavy atom. The molecule has 0 bridgehead atoms. The van der Waals surface area contributed by atoms with Crippen molar-refractivity contribution in [3.8, 4) is 0 Å². The predicted octanol–water partition coefficient (Wildman–Crippen LogP) is 2.30. The van der Waals surface area contributed by atoms with Crippen molar-refractivity contribution in [2.24, 2.45) is 5.92 Å². The van der Waals surface area contributed by atoms with Gasteiger partial charge in [-0.1, -0.05) is 32.1 Å². The molecule has 0 aromatic carbocycles. The Balaban J connectivity index is 1.60. The van der Waals surface area contributed by atoms with E-state index in [1.54, 1.807) is 11.3 Å². The Labute approximate surface area is 146 Å². The molecule has 0 unspecified atom stereocenters. The third-order valence-corrected chi connectivity index (χ3v) is 4.95. The van der Waals surface area contributed by atoms with Crippen molar-refractivity contribution in [1.29, 1.82) is 0 Å². The van der Waals surface area contributed by atoms with Gasteiger partial charge in [0.1, 0.15) is 5.01 Å². The number of anilines is 1. The highest BCUT2D eigenvalue weighted by molar-refractivity contribution is 7.15. The largest absolute Gasteiger partial charge is 0.354 e. The molecule has 0 saturated carbocycles. The van der Waals surface area contributed by atoms with Crippen LogP contribution >= 0.6 is 11.3 Å². The van der Waals surface area contributed by atoms with Gasteiger partial charge in [0, 0.05) is 18.9 Å². The van der Waals surface area contributed by atoms with Crippen molar-refractivity contribution in [1.82, 2.24) is 24.9 Å². The Morgan fingerprint density at radius 2 is 2.21 bits per heavy atom. The number of carbonyl (C=O) groups is 1. The molecule has 7 nitrogen and oxygen atoms in total. The maximum Gasteiger partial charge on any atom is 0.225 e. The van der Waals surface area contributed by atoms with Crippen molar-refractivity contribution in [3.05, 3.63) is 22.5 Å². The Morgan fingerprint density at radius 1 is 1.38 bits per heavy atom. The number of carbonyl (C=O) groups excluding carboxylic acids is 1. The minimum atomic E-state index is 0.0373. The van der Waals surface area contributed by atoms with Crippen LogP contribution in [0.3, 0.4) is 0 Å². The Hall–Kier alpha value is -1.96. The summed E-state index contributed by atoms with van der Waals surface area (Å²) in [6.07, 6.45) is 2.05. The lowest BCUT2D eigenvalue weighted by Crippen LogP contribution is -2.40. The van der Waals surface area contributed by atoms with E-state index < -0.39 is 0 Å². The van der Waals surface area contributed by atoms with Crippen LogP contribution in [-0.4, -0.2) is 37.3 Å². The highest BCUT2D eigenvalue weighted by Crippen LogP contribution is 2.19. The van der Waals surface area contributed by atoms with Gasteiger partial charge in [-0.2, -0.15) is 5.10 Å². The summed E-state index contributed by atoms with van der Waals surface area (Å²) in [6.45, 7) is 8.78. The molecule has 8 heteroatoms. The number of aromatic nitrogens is 4. The molecule has 1 amide bonds. The van der Waals surface area contributed by atoms with Crippen LogP contribution in [0.4, 0.5) is 5.13 Å². The van der Waals surface area contributed by atoms with Crippen LogP contribution < -0.4 is 5.32 Å². The van der Waals surface area contributed by atoms with Gasteiger partial charge in [-0.3, -0.25) is 9.48 Å². The minimum absolute atomic E-state index is 0.0373. The molecule has 0 aliphatic carbocycles. The molecule has 3 heterocycles. The van der Waals surface area contributed by atoms with Crippen LogP contribution in [0, 0.1) is 5.92 Å². The standard InChI is InChI=1S/C16H24N6OS/c1-4-5-14-18-19-16(24-14)17-9-12-8-13-10-21(15(23)11(2)3)6-7-22(13)20-12/h8,11H,4-7,9-10H2,1-3H3,(H,17,19). The van der Waals surface area contributed by atoms with Gasteiger partial charge in [0.2, 0.25) is 11.0 Å². The molecule has 130 valence electrons. The van der Waals surface area contributed by atoms with Gasteiger partial charge >= 0.3 is 0 Å². The Bertz CT molecular complexity index is 707. The van der Waals surface area contributed by atoms with Gasteiger partial charge in [0.05, 0.1) is 31.0 Å². The zero-order chi connectivity index (χ0) is 17.1. The van der Waals surface area contributed by atoms with Gasteiger partial charge < -0.3 is 10.2 Å². The number of fused-ring (bicyclic) bond motifs is 1. The van der Waals surface area contributed by atoms with Crippen LogP contribution in [0.1, 0.15) is 43.6 Å². The van der Waals surface area contributed by atoms with E-state index in [1.807, 2.05) is 23.4 Å². The normalized spacial score (nSPS) is 14.1. The zero-order valence-corrected chi connectivity index (χ0v) is 15.3. The first-order valence-electron chi connectivity index (χ1n) is 8.47. The van der Waals surface area contributed by atoms with Crippen molar-refractivity contribution < 1.29 is 4.79 Å². The van der Waals surface area contributed by atoms with E-state index in [-0.39, 0.29) is 11.8 Å². The molecule has 0 fully saturated rings. The lowest BCUT2D eigenvalue weighted by molar-refractivity contribution is -0.136. The summed E-state index contributed by atoms with van der Waals surface area (Å²) in [5, 5.41) is 18.1. The molecule has 0 radical (unpaired) electrons. The lowest BCUT2D eigenvalue weighted by atomic mass is 10.1. The summed E-state index contributed by atoms with van der Waals surface area (Å²) in [6, 6.07) is 2.07. The number of aryl methyl sites for hydroxylation is 1. The molecule has 0 atom stereocenters. The van der Waals surface area contributed by atoms with E-state index in [9.17, 15) is 4.79 Å². The van der Waals surface area contributed by atoms with Crippen molar-refractivity contribution in [3.63, 3.8) is 0 Å². The Kier molecular flexibility index (Phi) is 5.13. The number of hydrogen-bond donors (Lipinski definition) is 1. The first-order chi connectivity index (χ1) is 11.6. The summed E-state index contributed by atoms with van der Waals surface area (Å²) < 4.78 is 2.00. The lowest BCUT2D eigenvalue weighted by Gasteiger charge is -2.29. The van der Waals surface area contributed by atoms with Crippen LogP contribution in [0.25, 0.3) is 0 Å². The van der Waals surface area contributed by atoms with E-state index in [4.69, 9.17) is 0 Å². The van der Waals surface area contributed by atoms with E-state index in [0.717, 1.165) is 47.5 Å². The maximum atomic E-state index is 12.2. The van der Waals surface area contributed by atoms with Gasteiger partial charge in [0.15, 0.2) is 0 Å². The molecule has 1 aliphatic heterocycles. The summed E-state index contributed by atoms with van der Waals surface area (Å²) in [5.41, 5.74) is 2.06. The molecular formula is C16H24N6OS. The quantitative estimate of drug-likeness (QED) is 0.867. The summed E-state index contributed by atoms with van der Waals surface area (Å²) >= 11 is 1.60. The average molecular weight is 348 g/mol. The third-order valence-electron chi connectivity index (χ3n) is 4.01.